The van der Waals surface area contributed by atoms with Gasteiger partial charge in [0.05, 0.1) is 17.0 Å². The molecule has 0 saturated heterocycles. The van der Waals surface area contributed by atoms with Crippen LogP contribution in [0.3, 0.4) is 0 Å². The molecule has 0 atom stereocenters. The van der Waals surface area contributed by atoms with E-state index in [1.165, 1.54) is 0 Å². The van der Waals surface area contributed by atoms with E-state index in [0.717, 1.165) is 54.1 Å². The third kappa shape index (κ3) is 3.96. The number of rotatable bonds is 5. The molecule has 0 unspecified atom stereocenters. The fourth-order valence-corrected chi connectivity index (χ4v) is 3.51. The Morgan fingerprint density at radius 1 is 1.30 bits per heavy atom. The lowest BCUT2D eigenvalue weighted by atomic mass is 10.1. The summed E-state index contributed by atoms with van der Waals surface area (Å²) in [5, 5.41) is 4.86. The summed E-state index contributed by atoms with van der Waals surface area (Å²) in [6.45, 7) is 4.13. The van der Waals surface area contributed by atoms with E-state index in [1.807, 2.05) is 30.3 Å². The molecule has 0 saturated carbocycles. The summed E-state index contributed by atoms with van der Waals surface area (Å²) in [6.07, 6.45) is 2.55. The third-order valence-corrected chi connectivity index (χ3v) is 5.01. The normalized spacial score (nSPS) is 14.3. The van der Waals surface area contributed by atoms with Gasteiger partial charge in [0.1, 0.15) is 5.82 Å². The third-order valence-electron chi connectivity index (χ3n) is 4.76. The lowest BCUT2D eigenvalue weighted by Crippen LogP contribution is -2.35. The summed E-state index contributed by atoms with van der Waals surface area (Å²) in [5.74, 6) is 1.50. The van der Waals surface area contributed by atoms with Crippen LogP contribution in [0.25, 0.3) is 11.3 Å². The number of H-pyrrole nitrogens is 1. The molecule has 1 aliphatic heterocycles. The second kappa shape index (κ2) is 7.66. The summed E-state index contributed by atoms with van der Waals surface area (Å²) in [6, 6.07) is 9.40. The van der Waals surface area contributed by atoms with Crippen LogP contribution >= 0.6 is 11.6 Å². The summed E-state index contributed by atoms with van der Waals surface area (Å²) < 4.78 is 5.47. The highest BCUT2D eigenvalue weighted by Gasteiger charge is 2.22. The number of aryl methyl sites for hydroxylation is 1. The van der Waals surface area contributed by atoms with Gasteiger partial charge in [0.25, 0.3) is 5.56 Å². The molecule has 0 bridgehead atoms. The summed E-state index contributed by atoms with van der Waals surface area (Å²) in [5.41, 5.74) is 3.46. The highest BCUT2D eigenvalue weighted by Crippen LogP contribution is 2.23. The molecule has 2 aromatic heterocycles. The van der Waals surface area contributed by atoms with Crippen molar-refractivity contribution in [3.63, 3.8) is 0 Å². The van der Waals surface area contributed by atoms with E-state index in [-0.39, 0.29) is 5.56 Å². The molecule has 0 aliphatic carbocycles. The number of aromatic amines is 1. The van der Waals surface area contributed by atoms with Gasteiger partial charge in [0.15, 0.2) is 5.76 Å². The highest BCUT2D eigenvalue weighted by atomic mass is 35.5. The van der Waals surface area contributed by atoms with Gasteiger partial charge in [-0.25, -0.2) is 4.98 Å². The number of nitrogens with zero attached hydrogens (tertiary/aromatic N) is 3. The molecule has 1 aromatic carbocycles. The van der Waals surface area contributed by atoms with E-state index in [2.05, 4.69) is 26.9 Å². The van der Waals surface area contributed by atoms with Crippen molar-refractivity contribution in [3.05, 3.63) is 68.5 Å². The maximum atomic E-state index is 12.4. The van der Waals surface area contributed by atoms with Gasteiger partial charge in [-0.2, -0.15) is 0 Å². The number of hydrogen-bond donors (Lipinski definition) is 1. The highest BCUT2D eigenvalue weighted by molar-refractivity contribution is 6.30. The molecule has 0 spiro atoms. The topological polar surface area (TPSA) is 75.0 Å². The number of halogens is 1. The van der Waals surface area contributed by atoms with Crippen LogP contribution in [0, 0.1) is 0 Å². The van der Waals surface area contributed by atoms with Crippen LogP contribution in [0.5, 0.6) is 0 Å². The summed E-state index contributed by atoms with van der Waals surface area (Å²) in [7, 11) is 0. The van der Waals surface area contributed by atoms with Gasteiger partial charge < -0.3 is 9.51 Å². The Balaban J connectivity index is 1.47. The smallest absolute Gasteiger partial charge is 0.255 e. The van der Waals surface area contributed by atoms with Crippen molar-refractivity contribution in [3.8, 4) is 11.3 Å². The molecule has 7 heteroatoms. The van der Waals surface area contributed by atoms with Crippen LogP contribution in [0.2, 0.25) is 5.02 Å². The zero-order chi connectivity index (χ0) is 18.8. The number of benzene rings is 1. The second-order valence-corrected chi connectivity index (χ2v) is 7.27. The molecule has 140 valence electrons. The first-order valence-electron chi connectivity index (χ1n) is 9.17. The van der Waals surface area contributed by atoms with Gasteiger partial charge in [-0.3, -0.25) is 9.69 Å². The molecule has 0 fully saturated rings. The lowest BCUT2D eigenvalue weighted by Gasteiger charge is -2.26. The Morgan fingerprint density at radius 3 is 2.89 bits per heavy atom. The lowest BCUT2D eigenvalue weighted by molar-refractivity contribution is 0.234. The minimum atomic E-state index is -0.0184. The average molecular weight is 385 g/mol. The molecule has 1 aliphatic rings. The Bertz CT molecular complexity index is 994. The minimum Gasteiger partial charge on any atom is -0.356 e. The first-order chi connectivity index (χ1) is 13.1. The van der Waals surface area contributed by atoms with Crippen molar-refractivity contribution in [2.24, 2.45) is 0 Å². The summed E-state index contributed by atoms with van der Waals surface area (Å²) in [4.78, 5) is 22.1. The molecule has 4 rings (SSSR count). The molecule has 6 nitrogen and oxygen atoms in total. The van der Waals surface area contributed by atoms with E-state index in [4.69, 9.17) is 16.1 Å². The van der Waals surface area contributed by atoms with Gasteiger partial charge in [-0.15, -0.1) is 0 Å². The van der Waals surface area contributed by atoms with Gasteiger partial charge in [0, 0.05) is 49.1 Å². The van der Waals surface area contributed by atoms with Crippen molar-refractivity contribution < 1.29 is 4.52 Å². The molecule has 0 radical (unpaired) electrons. The number of fused-ring (bicyclic) bond motifs is 1. The molecular weight excluding hydrogens is 364 g/mol. The first-order valence-corrected chi connectivity index (χ1v) is 9.55. The van der Waals surface area contributed by atoms with Crippen LogP contribution in [0.1, 0.15) is 36.1 Å². The SMILES string of the molecule is CCCc1nc2c(c(=O)[nH]1)CN(Cc1cc(-c3ccc(Cl)cc3)on1)CC2. The maximum Gasteiger partial charge on any atom is 0.255 e. The molecule has 27 heavy (non-hydrogen) atoms. The Labute approximate surface area is 162 Å². The zero-order valence-corrected chi connectivity index (χ0v) is 15.9. The van der Waals surface area contributed by atoms with Crippen molar-refractivity contribution in [2.75, 3.05) is 6.54 Å². The zero-order valence-electron chi connectivity index (χ0n) is 15.2. The predicted octanol–water partition coefficient (Wildman–Crippen LogP) is 3.59. The molecule has 3 aromatic rings. The fourth-order valence-electron chi connectivity index (χ4n) is 3.39. The van der Waals surface area contributed by atoms with Gasteiger partial charge in [-0.1, -0.05) is 23.7 Å². The van der Waals surface area contributed by atoms with E-state index in [1.54, 1.807) is 0 Å². The van der Waals surface area contributed by atoms with Crippen molar-refractivity contribution in [1.29, 1.82) is 0 Å². The minimum absolute atomic E-state index is 0.0184. The van der Waals surface area contributed by atoms with Crippen LogP contribution in [-0.2, 0) is 25.9 Å². The van der Waals surface area contributed by atoms with Crippen LogP contribution < -0.4 is 5.56 Å². The van der Waals surface area contributed by atoms with E-state index in [0.29, 0.717) is 23.9 Å². The Morgan fingerprint density at radius 2 is 2.11 bits per heavy atom. The molecular formula is C20H21ClN4O2. The summed E-state index contributed by atoms with van der Waals surface area (Å²) >= 11 is 5.93. The number of hydrogen-bond acceptors (Lipinski definition) is 5. The average Bonchev–Trinajstić information content (AvgIpc) is 3.12. The predicted molar refractivity (Wildman–Crippen MR) is 104 cm³/mol. The number of nitrogens with one attached hydrogen (secondary N) is 1. The Kier molecular flexibility index (Phi) is 5.09. The second-order valence-electron chi connectivity index (χ2n) is 6.84. The largest absolute Gasteiger partial charge is 0.356 e. The van der Waals surface area contributed by atoms with Crippen LogP contribution in [0.15, 0.2) is 39.6 Å². The van der Waals surface area contributed by atoms with E-state index >= 15 is 0 Å². The molecule has 3 heterocycles. The van der Waals surface area contributed by atoms with Crippen molar-refractivity contribution >= 4 is 11.6 Å². The van der Waals surface area contributed by atoms with Gasteiger partial charge >= 0.3 is 0 Å². The molecule has 1 N–H and O–H groups in total. The van der Waals surface area contributed by atoms with Crippen molar-refractivity contribution in [1.82, 2.24) is 20.0 Å². The maximum absolute atomic E-state index is 12.4. The standard InChI is InChI=1S/C20H21ClN4O2/c1-2-3-19-22-17-8-9-25(12-16(17)20(26)23-19)11-15-10-18(27-24-15)13-4-6-14(21)7-5-13/h4-7,10H,2-3,8-9,11-12H2,1H3,(H,22,23,26). The van der Waals surface area contributed by atoms with Crippen molar-refractivity contribution in [2.45, 2.75) is 39.3 Å². The monoisotopic (exact) mass is 384 g/mol. The Hall–Kier alpha value is -2.44. The first kappa shape index (κ1) is 17.9. The van der Waals surface area contributed by atoms with E-state index in [9.17, 15) is 4.79 Å². The van der Waals surface area contributed by atoms with Crippen LogP contribution in [0.4, 0.5) is 0 Å². The van der Waals surface area contributed by atoms with Gasteiger partial charge in [0.2, 0.25) is 0 Å². The molecule has 0 amide bonds. The number of aromatic nitrogens is 3. The fraction of sp³-hybridized carbons (Fsp3) is 0.350. The van der Waals surface area contributed by atoms with Crippen LogP contribution in [-0.4, -0.2) is 26.6 Å². The quantitative estimate of drug-likeness (QED) is 0.727. The van der Waals surface area contributed by atoms with Gasteiger partial charge in [-0.05, 0) is 30.7 Å². The van der Waals surface area contributed by atoms with E-state index < -0.39 is 0 Å².